The Balaban J connectivity index is 0.00000264. The predicted octanol–water partition coefficient (Wildman–Crippen LogP) is 1.38. The number of aromatic nitrogens is 1. The molecule has 0 aliphatic rings. The lowest BCUT2D eigenvalue weighted by Crippen LogP contribution is -3.00. The van der Waals surface area contributed by atoms with Crippen LogP contribution in [-0.4, -0.2) is 0 Å². The van der Waals surface area contributed by atoms with Gasteiger partial charge in [0.25, 0.3) is 0 Å². The van der Waals surface area contributed by atoms with Crippen LogP contribution in [0.25, 0.3) is 0 Å². The van der Waals surface area contributed by atoms with Crippen LogP contribution in [0, 0.1) is 25.7 Å². The zero-order valence-corrected chi connectivity index (χ0v) is 16.0. The molecule has 0 saturated carbocycles. The van der Waals surface area contributed by atoms with E-state index in [-0.39, 0.29) is 17.0 Å². The van der Waals surface area contributed by atoms with Crippen molar-refractivity contribution in [2.24, 2.45) is 0 Å². The third kappa shape index (κ3) is 7.01. The van der Waals surface area contributed by atoms with Gasteiger partial charge in [-0.3, -0.25) is 0 Å². The van der Waals surface area contributed by atoms with E-state index >= 15 is 0 Å². The molecule has 2 heteroatoms. The van der Waals surface area contributed by atoms with E-state index < -0.39 is 0 Å². The van der Waals surface area contributed by atoms with Crippen LogP contribution in [0.5, 0.6) is 0 Å². The summed E-state index contributed by atoms with van der Waals surface area (Å²) in [4.78, 5) is 0. The van der Waals surface area contributed by atoms with E-state index in [0.717, 1.165) is 18.5 Å². The van der Waals surface area contributed by atoms with Gasteiger partial charge in [-0.25, -0.2) is 4.57 Å². The maximum Gasteiger partial charge on any atom is 0.171 e. The molecule has 1 aromatic heterocycles. The van der Waals surface area contributed by atoms with Crippen molar-refractivity contribution in [3.63, 3.8) is 0 Å². The molecule has 0 unspecified atom stereocenters. The molecule has 2 rings (SSSR count). The summed E-state index contributed by atoms with van der Waals surface area (Å²) in [6.07, 6.45) is 8.92. The van der Waals surface area contributed by atoms with Crippen LogP contribution < -0.4 is 21.5 Å². The third-order valence-corrected chi connectivity index (χ3v) is 3.69. The number of nitrogens with zero attached hydrogens (tertiary/aromatic N) is 1. The van der Waals surface area contributed by atoms with Crippen LogP contribution in [0.1, 0.15) is 48.4 Å². The van der Waals surface area contributed by atoms with Gasteiger partial charge in [-0.05, 0) is 50.5 Å². The molecule has 1 nitrogen and oxygen atoms in total. The van der Waals surface area contributed by atoms with Crippen molar-refractivity contribution in [1.82, 2.24) is 0 Å². The zero-order valence-electron chi connectivity index (χ0n) is 14.4. The summed E-state index contributed by atoms with van der Waals surface area (Å²) in [5.41, 5.74) is 5.13. The molecule has 2 aromatic rings. The Kier molecular flexibility index (Phi) is 8.66. The lowest BCUT2D eigenvalue weighted by molar-refractivity contribution is -0.696. The molecule has 0 spiro atoms. The Morgan fingerprint density at radius 1 is 1.00 bits per heavy atom. The molecule has 0 radical (unpaired) electrons. The van der Waals surface area contributed by atoms with Crippen LogP contribution in [0.3, 0.4) is 0 Å². The normalized spacial score (nSPS) is 9.70. The van der Waals surface area contributed by atoms with Gasteiger partial charge in [-0.15, -0.1) is 0 Å². The van der Waals surface area contributed by atoms with Gasteiger partial charge in [0.15, 0.2) is 18.9 Å². The van der Waals surface area contributed by atoms with Gasteiger partial charge in [0.1, 0.15) is 0 Å². The summed E-state index contributed by atoms with van der Waals surface area (Å²) in [5.74, 6) is 6.54. The number of unbranched alkanes of at least 4 members (excludes halogenated alkanes) is 1. The summed E-state index contributed by atoms with van der Waals surface area (Å²) >= 11 is 0. The Morgan fingerprint density at radius 2 is 1.65 bits per heavy atom. The number of halogens is 1. The number of aryl methyl sites for hydroxylation is 4. The molecule has 1 aromatic carbocycles. The van der Waals surface area contributed by atoms with Crippen LogP contribution in [0.15, 0.2) is 42.7 Å². The zero-order chi connectivity index (χ0) is 15.8. The highest BCUT2D eigenvalue weighted by Gasteiger charge is 2.01. The molecule has 0 saturated heterocycles. The van der Waals surface area contributed by atoms with Gasteiger partial charge in [-0.1, -0.05) is 37.3 Å². The average Bonchev–Trinajstić information content (AvgIpc) is 2.50. The van der Waals surface area contributed by atoms with E-state index in [1.165, 1.54) is 36.0 Å². The number of pyridine rings is 1. The lowest BCUT2D eigenvalue weighted by atomic mass is 10.1. The second-order valence-electron chi connectivity index (χ2n) is 5.98. The van der Waals surface area contributed by atoms with Gasteiger partial charge in [0.05, 0.1) is 6.42 Å². The molecule has 0 atom stereocenters. The molecule has 0 aliphatic heterocycles. The summed E-state index contributed by atoms with van der Waals surface area (Å²) in [5, 5.41) is 0. The van der Waals surface area contributed by atoms with Crippen molar-refractivity contribution >= 4 is 0 Å². The Bertz CT molecular complexity index is 642. The molecule has 0 aliphatic carbocycles. The van der Waals surface area contributed by atoms with Gasteiger partial charge in [-0.2, -0.15) is 0 Å². The van der Waals surface area contributed by atoms with E-state index in [0.29, 0.717) is 0 Å². The maximum atomic E-state index is 3.28. The smallest absolute Gasteiger partial charge is 0.171 e. The Hall–Kier alpha value is -1.59. The number of hydrogen-bond acceptors (Lipinski definition) is 0. The first-order valence-electron chi connectivity index (χ1n) is 8.22. The first-order valence-corrected chi connectivity index (χ1v) is 8.22. The molecule has 0 bridgehead atoms. The average molecular weight is 372 g/mol. The number of hydrogen-bond donors (Lipinski definition) is 0. The van der Waals surface area contributed by atoms with Gasteiger partial charge in [0.2, 0.25) is 0 Å². The van der Waals surface area contributed by atoms with Crippen molar-refractivity contribution in [1.29, 1.82) is 0 Å². The molecule has 23 heavy (non-hydrogen) atoms. The fraction of sp³-hybridized carbons (Fsp3) is 0.381. The van der Waals surface area contributed by atoms with E-state index in [1.807, 2.05) is 0 Å². The molecule has 0 N–H and O–H groups in total. The van der Waals surface area contributed by atoms with E-state index in [2.05, 4.69) is 79.9 Å². The van der Waals surface area contributed by atoms with E-state index in [1.54, 1.807) is 0 Å². The number of rotatable bonds is 5. The van der Waals surface area contributed by atoms with E-state index in [9.17, 15) is 0 Å². The molecule has 122 valence electrons. The minimum absolute atomic E-state index is 0. The molecular weight excluding hydrogens is 346 g/mol. The fourth-order valence-corrected chi connectivity index (χ4v) is 2.61. The second-order valence-corrected chi connectivity index (χ2v) is 5.98. The highest BCUT2D eigenvalue weighted by Crippen LogP contribution is 2.07. The van der Waals surface area contributed by atoms with Crippen LogP contribution in [0.4, 0.5) is 0 Å². The molecule has 1 heterocycles. The van der Waals surface area contributed by atoms with Crippen molar-refractivity contribution < 1.29 is 21.5 Å². The second kappa shape index (κ2) is 10.2. The van der Waals surface area contributed by atoms with Crippen LogP contribution in [-0.2, 0) is 13.0 Å². The van der Waals surface area contributed by atoms with Crippen LogP contribution in [0.2, 0.25) is 0 Å². The van der Waals surface area contributed by atoms with E-state index in [4.69, 9.17) is 0 Å². The van der Waals surface area contributed by atoms with Crippen molar-refractivity contribution in [3.05, 3.63) is 65.0 Å². The summed E-state index contributed by atoms with van der Waals surface area (Å²) in [6, 6.07) is 10.9. The lowest BCUT2D eigenvalue weighted by Gasteiger charge is -1.99. The third-order valence-electron chi connectivity index (χ3n) is 3.69. The van der Waals surface area contributed by atoms with Crippen molar-refractivity contribution in [2.45, 2.75) is 53.0 Å². The fourth-order valence-electron chi connectivity index (χ4n) is 2.61. The standard InChI is InChI=1S/C21H26N.BrH/c1-4-5-8-20-10-12-21(13-11-20)9-6-7-14-22-16-18(2)15-19(3)17-22;/h10-13,15-17H,4-5,7-8,14H2,1-3H3;1H/q+1;/p-1. The predicted molar refractivity (Wildman–Crippen MR) is 92.7 cm³/mol. The number of benzene rings is 1. The minimum Gasteiger partial charge on any atom is -1.00 e. The molecule has 0 fully saturated rings. The first-order chi connectivity index (χ1) is 10.7. The highest BCUT2D eigenvalue weighted by molar-refractivity contribution is 5.36. The topological polar surface area (TPSA) is 3.88 Å². The van der Waals surface area contributed by atoms with Gasteiger partial charge >= 0.3 is 0 Å². The van der Waals surface area contributed by atoms with Gasteiger partial charge in [0, 0.05) is 16.7 Å². The van der Waals surface area contributed by atoms with Gasteiger partial charge < -0.3 is 17.0 Å². The van der Waals surface area contributed by atoms with Crippen molar-refractivity contribution in [2.75, 3.05) is 0 Å². The Morgan fingerprint density at radius 3 is 2.26 bits per heavy atom. The largest absolute Gasteiger partial charge is 1.00 e. The monoisotopic (exact) mass is 371 g/mol. The molecular formula is C21H26BrN. The maximum absolute atomic E-state index is 3.28. The minimum atomic E-state index is 0. The Labute approximate surface area is 151 Å². The highest BCUT2D eigenvalue weighted by atomic mass is 79.9. The summed E-state index contributed by atoms with van der Waals surface area (Å²) in [7, 11) is 0. The van der Waals surface area contributed by atoms with Crippen molar-refractivity contribution in [3.8, 4) is 11.8 Å². The summed E-state index contributed by atoms with van der Waals surface area (Å²) < 4.78 is 2.23. The summed E-state index contributed by atoms with van der Waals surface area (Å²) in [6.45, 7) is 7.45. The molecule has 0 amide bonds. The quantitative estimate of drug-likeness (QED) is 0.552. The first kappa shape index (κ1) is 19.5. The van der Waals surface area contributed by atoms with Crippen LogP contribution >= 0.6 is 0 Å². The SMILES string of the molecule is CCCCc1ccc(C#CCC[n+]2cc(C)cc(C)c2)cc1.[Br-].